The smallest absolute Gasteiger partial charge is 0.271 e. The van der Waals surface area contributed by atoms with E-state index in [1.807, 2.05) is 37.3 Å². The number of allylic oxidation sites excluding steroid dienone is 1. The number of fused-ring (bicyclic) bond motifs is 3. The van der Waals surface area contributed by atoms with Crippen molar-refractivity contribution in [1.29, 1.82) is 0 Å². The first kappa shape index (κ1) is 21.7. The summed E-state index contributed by atoms with van der Waals surface area (Å²) in [4.78, 5) is 19.4. The highest BCUT2D eigenvalue weighted by atomic mass is 32.1. The molecule has 0 saturated heterocycles. The summed E-state index contributed by atoms with van der Waals surface area (Å²) in [6, 6.07) is 20.4. The van der Waals surface area contributed by atoms with Gasteiger partial charge in [-0.15, -0.1) is 0 Å². The van der Waals surface area contributed by atoms with Crippen molar-refractivity contribution in [3.05, 3.63) is 126 Å². The van der Waals surface area contributed by atoms with Crippen LogP contribution in [-0.2, 0) is 6.42 Å². The fraction of sp³-hybridized carbons (Fsp3) is 0.172. The minimum absolute atomic E-state index is 0.0898. The largest absolute Gasteiger partial charge is 0.496 e. The van der Waals surface area contributed by atoms with Gasteiger partial charge < -0.3 is 4.74 Å². The van der Waals surface area contributed by atoms with Crippen LogP contribution in [0.15, 0.2) is 82.1 Å². The summed E-state index contributed by atoms with van der Waals surface area (Å²) in [6.45, 7) is 1.99. The van der Waals surface area contributed by atoms with Crippen molar-refractivity contribution in [3.8, 4) is 5.75 Å². The minimum atomic E-state index is -0.315. The van der Waals surface area contributed by atoms with Gasteiger partial charge in [0.25, 0.3) is 5.56 Å². The number of thiazole rings is 1. The molecule has 4 nitrogen and oxygen atoms in total. The maximum absolute atomic E-state index is 13.8. The summed E-state index contributed by atoms with van der Waals surface area (Å²) in [7, 11) is 1.64. The maximum atomic E-state index is 13.8. The molecule has 1 atom stereocenters. The van der Waals surface area contributed by atoms with Gasteiger partial charge in [-0.05, 0) is 71.9 Å². The Morgan fingerprint density at radius 3 is 2.69 bits per heavy atom. The number of halogens is 1. The van der Waals surface area contributed by atoms with Crippen molar-refractivity contribution in [2.24, 2.45) is 4.99 Å². The molecule has 1 aliphatic carbocycles. The second-order valence-electron chi connectivity index (χ2n) is 8.89. The van der Waals surface area contributed by atoms with Crippen LogP contribution in [0.4, 0.5) is 4.39 Å². The number of methoxy groups -OCH3 is 1. The van der Waals surface area contributed by atoms with Crippen LogP contribution >= 0.6 is 11.3 Å². The van der Waals surface area contributed by atoms with Gasteiger partial charge in [-0.25, -0.2) is 9.38 Å². The number of hydrogen-bond donors (Lipinski definition) is 0. The van der Waals surface area contributed by atoms with E-state index in [0.29, 0.717) is 9.33 Å². The molecule has 0 radical (unpaired) electrons. The third-order valence-corrected chi connectivity index (χ3v) is 7.77. The summed E-state index contributed by atoms with van der Waals surface area (Å²) in [6.07, 6.45) is 3.58. The van der Waals surface area contributed by atoms with E-state index in [-0.39, 0.29) is 17.4 Å². The van der Waals surface area contributed by atoms with Crippen LogP contribution in [-0.4, -0.2) is 11.7 Å². The topological polar surface area (TPSA) is 43.6 Å². The molecule has 3 aromatic carbocycles. The van der Waals surface area contributed by atoms with Gasteiger partial charge in [0, 0.05) is 5.56 Å². The van der Waals surface area contributed by atoms with Gasteiger partial charge in [-0.1, -0.05) is 59.9 Å². The molecular weight excluding hydrogens is 459 g/mol. The lowest BCUT2D eigenvalue weighted by Gasteiger charge is -2.30. The molecule has 1 aliphatic heterocycles. The predicted octanol–water partition coefficient (Wildman–Crippen LogP) is 4.77. The number of rotatable bonds is 3. The van der Waals surface area contributed by atoms with E-state index < -0.39 is 0 Å². The number of aryl methyl sites for hydroxylation is 2. The summed E-state index contributed by atoms with van der Waals surface area (Å²) in [5.74, 6) is 0.487. The molecule has 0 amide bonds. The fourth-order valence-corrected chi connectivity index (χ4v) is 6.05. The molecule has 2 heterocycles. The van der Waals surface area contributed by atoms with Crippen LogP contribution in [0.2, 0.25) is 0 Å². The summed E-state index contributed by atoms with van der Waals surface area (Å²) >= 11 is 1.39. The Balaban J connectivity index is 1.60. The zero-order valence-corrected chi connectivity index (χ0v) is 20.2. The van der Waals surface area contributed by atoms with E-state index in [1.165, 1.54) is 29.0 Å². The lowest BCUT2D eigenvalue weighted by Crippen LogP contribution is -2.38. The quantitative estimate of drug-likeness (QED) is 0.422. The maximum Gasteiger partial charge on any atom is 0.271 e. The third kappa shape index (κ3) is 3.65. The van der Waals surface area contributed by atoms with Crippen molar-refractivity contribution in [2.75, 3.05) is 7.11 Å². The van der Waals surface area contributed by atoms with Gasteiger partial charge in [-0.3, -0.25) is 9.36 Å². The lowest BCUT2D eigenvalue weighted by molar-refractivity contribution is 0.411. The van der Waals surface area contributed by atoms with Gasteiger partial charge in [0.1, 0.15) is 11.6 Å². The fourth-order valence-electron chi connectivity index (χ4n) is 5.05. The molecule has 0 unspecified atom stereocenters. The molecule has 6 heteroatoms. The van der Waals surface area contributed by atoms with Crippen LogP contribution in [0.1, 0.15) is 40.3 Å². The Morgan fingerprint density at radius 1 is 1.09 bits per heavy atom. The molecule has 4 aromatic rings. The Hall–Kier alpha value is -3.77. The van der Waals surface area contributed by atoms with Gasteiger partial charge in [0.15, 0.2) is 4.80 Å². The van der Waals surface area contributed by atoms with Gasteiger partial charge in [0.2, 0.25) is 0 Å². The molecule has 174 valence electrons. The Labute approximate surface area is 206 Å². The van der Waals surface area contributed by atoms with Crippen molar-refractivity contribution in [2.45, 2.75) is 25.8 Å². The van der Waals surface area contributed by atoms with Crippen molar-refractivity contribution in [1.82, 2.24) is 4.57 Å². The molecule has 0 N–H and O–H groups in total. The molecule has 6 rings (SSSR count). The third-order valence-electron chi connectivity index (χ3n) is 6.79. The second kappa shape index (κ2) is 8.47. The van der Waals surface area contributed by atoms with Crippen molar-refractivity contribution in [3.63, 3.8) is 0 Å². The lowest BCUT2D eigenvalue weighted by atomic mass is 9.83. The van der Waals surface area contributed by atoms with Crippen LogP contribution in [0.3, 0.4) is 0 Å². The first-order valence-electron chi connectivity index (χ1n) is 11.6. The van der Waals surface area contributed by atoms with Crippen molar-refractivity contribution < 1.29 is 9.13 Å². The highest BCUT2D eigenvalue weighted by Crippen LogP contribution is 2.41. The van der Waals surface area contributed by atoms with Crippen LogP contribution in [0.25, 0.3) is 11.8 Å². The Bertz CT molecular complexity index is 1680. The Morgan fingerprint density at radius 2 is 1.89 bits per heavy atom. The highest BCUT2D eigenvalue weighted by molar-refractivity contribution is 7.07. The predicted molar refractivity (Wildman–Crippen MR) is 137 cm³/mol. The molecule has 2 aliphatic rings. The molecule has 0 spiro atoms. The van der Waals surface area contributed by atoms with E-state index >= 15 is 0 Å². The second-order valence-corrected chi connectivity index (χ2v) is 9.90. The van der Waals surface area contributed by atoms with E-state index in [1.54, 1.807) is 23.8 Å². The minimum Gasteiger partial charge on any atom is -0.496 e. The zero-order chi connectivity index (χ0) is 24.1. The van der Waals surface area contributed by atoms with Crippen LogP contribution in [0.5, 0.6) is 5.75 Å². The summed E-state index contributed by atoms with van der Waals surface area (Å²) < 4.78 is 21.6. The first-order valence-corrected chi connectivity index (χ1v) is 12.4. The average molecular weight is 483 g/mol. The van der Waals surface area contributed by atoms with Crippen molar-refractivity contribution >= 4 is 23.1 Å². The van der Waals surface area contributed by atoms with E-state index in [4.69, 9.17) is 9.73 Å². The zero-order valence-electron chi connectivity index (χ0n) is 19.4. The molecular formula is C29H23FN2O2S. The number of nitrogens with zero attached hydrogens (tertiary/aromatic N) is 2. The van der Waals surface area contributed by atoms with E-state index in [0.717, 1.165) is 52.1 Å². The number of aromatic nitrogens is 1. The first-order chi connectivity index (χ1) is 17.0. The van der Waals surface area contributed by atoms with Gasteiger partial charge in [-0.2, -0.15) is 0 Å². The molecule has 1 aromatic heterocycles. The SMILES string of the molecule is COc1cc(/C=c2/sc3n(c2=O)[C@H](c2ccc(F)cc2)C2=C(N=3)c3ccccc3CC2)ccc1C. The molecule has 0 saturated carbocycles. The summed E-state index contributed by atoms with van der Waals surface area (Å²) in [5.41, 5.74) is 7.14. The van der Waals surface area contributed by atoms with Crippen LogP contribution < -0.4 is 19.6 Å². The standard InChI is InChI=1S/C29H23FN2O2S/c1-17-7-8-18(15-24(17)34-2)16-25-28(33)32-27(20-9-12-21(30)13-10-20)23-14-11-19-5-3-4-6-22(19)26(23)31-29(32)35-25/h3-10,12-13,15-16,27H,11,14H2,1-2H3/b25-16+/t27-/m1/s1. The number of benzene rings is 3. The molecule has 0 bridgehead atoms. The monoisotopic (exact) mass is 482 g/mol. The Kier molecular flexibility index (Phi) is 5.26. The van der Waals surface area contributed by atoms with Crippen LogP contribution in [0, 0.1) is 12.7 Å². The molecule has 0 fully saturated rings. The number of ether oxygens (including phenoxy) is 1. The van der Waals surface area contributed by atoms with E-state index in [2.05, 4.69) is 18.2 Å². The highest BCUT2D eigenvalue weighted by Gasteiger charge is 2.32. The van der Waals surface area contributed by atoms with E-state index in [9.17, 15) is 9.18 Å². The number of hydrogen-bond acceptors (Lipinski definition) is 4. The molecule has 35 heavy (non-hydrogen) atoms. The normalized spacial score (nSPS) is 16.9. The summed E-state index contributed by atoms with van der Waals surface area (Å²) in [5, 5.41) is 0. The van der Waals surface area contributed by atoms with Gasteiger partial charge >= 0.3 is 0 Å². The van der Waals surface area contributed by atoms with Gasteiger partial charge in [0.05, 0.1) is 23.4 Å². The average Bonchev–Trinajstić information content (AvgIpc) is 3.19.